The van der Waals surface area contributed by atoms with Crippen molar-refractivity contribution in [2.45, 2.75) is 0 Å². The molecule has 1 aromatic heterocycles. The first kappa shape index (κ1) is 13.8. The van der Waals surface area contributed by atoms with E-state index in [-0.39, 0.29) is 5.91 Å². The Morgan fingerprint density at radius 3 is 3.05 bits per heavy atom. The molecule has 6 nitrogen and oxygen atoms in total. The Hall–Kier alpha value is -1.66. The second-order valence-corrected chi connectivity index (χ2v) is 4.22. The maximum atomic E-state index is 12.1. The van der Waals surface area contributed by atoms with Crippen LogP contribution < -0.4 is 10.2 Å². The standard InChI is InChI=1S/C13H19N3O3/c1-18-8-5-15-13(17)11-3-2-4-14-12(11)16-6-9-19-10-7-16/h2-4H,5-10H2,1H3,(H,15,17). The van der Waals surface area contributed by atoms with Gasteiger partial charge in [-0.05, 0) is 12.1 Å². The molecular formula is C13H19N3O3. The zero-order valence-corrected chi connectivity index (χ0v) is 11.1. The first-order valence-electron chi connectivity index (χ1n) is 6.38. The number of morpholine rings is 1. The molecule has 1 saturated heterocycles. The summed E-state index contributed by atoms with van der Waals surface area (Å²) >= 11 is 0. The fourth-order valence-corrected chi connectivity index (χ4v) is 1.96. The van der Waals surface area contributed by atoms with E-state index >= 15 is 0 Å². The largest absolute Gasteiger partial charge is 0.383 e. The minimum atomic E-state index is -0.119. The molecule has 2 rings (SSSR count). The zero-order chi connectivity index (χ0) is 13.5. The summed E-state index contributed by atoms with van der Waals surface area (Å²) in [4.78, 5) is 18.5. The van der Waals surface area contributed by atoms with E-state index in [1.54, 1.807) is 25.4 Å². The van der Waals surface area contributed by atoms with Crippen LogP contribution >= 0.6 is 0 Å². The highest BCUT2D eigenvalue weighted by Crippen LogP contribution is 2.18. The van der Waals surface area contributed by atoms with Gasteiger partial charge in [0.25, 0.3) is 5.91 Å². The van der Waals surface area contributed by atoms with Gasteiger partial charge < -0.3 is 19.7 Å². The first-order valence-corrected chi connectivity index (χ1v) is 6.38. The summed E-state index contributed by atoms with van der Waals surface area (Å²) in [7, 11) is 1.61. The molecule has 1 fully saturated rings. The van der Waals surface area contributed by atoms with Crippen molar-refractivity contribution in [3.8, 4) is 0 Å². The van der Waals surface area contributed by atoms with E-state index in [0.717, 1.165) is 18.9 Å². The topological polar surface area (TPSA) is 63.7 Å². The van der Waals surface area contributed by atoms with E-state index in [0.29, 0.717) is 31.9 Å². The van der Waals surface area contributed by atoms with Gasteiger partial charge in [0, 0.05) is 32.9 Å². The van der Waals surface area contributed by atoms with Gasteiger partial charge in [-0.15, -0.1) is 0 Å². The lowest BCUT2D eigenvalue weighted by molar-refractivity contribution is 0.0935. The van der Waals surface area contributed by atoms with Crippen LogP contribution in [0.4, 0.5) is 5.82 Å². The number of carbonyl (C=O) groups excluding carboxylic acids is 1. The van der Waals surface area contributed by atoms with Crippen LogP contribution in [0.25, 0.3) is 0 Å². The Morgan fingerprint density at radius 1 is 1.53 bits per heavy atom. The normalized spacial score (nSPS) is 15.3. The minimum absolute atomic E-state index is 0.119. The second-order valence-electron chi connectivity index (χ2n) is 4.22. The number of rotatable bonds is 5. The molecule has 0 saturated carbocycles. The van der Waals surface area contributed by atoms with Crippen molar-refractivity contribution < 1.29 is 14.3 Å². The molecule has 2 heterocycles. The lowest BCUT2D eigenvalue weighted by Gasteiger charge is -2.29. The van der Waals surface area contributed by atoms with Gasteiger partial charge in [0.05, 0.1) is 25.4 Å². The molecule has 6 heteroatoms. The maximum absolute atomic E-state index is 12.1. The van der Waals surface area contributed by atoms with Crippen molar-refractivity contribution in [2.75, 3.05) is 51.5 Å². The van der Waals surface area contributed by atoms with Gasteiger partial charge in [0.1, 0.15) is 5.82 Å². The van der Waals surface area contributed by atoms with Crippen molar-refractivity contribution >= 4 is 11.7 Å². The van der Waals surface area contributed by atoms with Gasteiger partial charge >= 0.3 is 0 Å². The molecule has 0 unspecified atom stereocenters. The van der Waals surface area contributed by atoms with Crippen molar-refractivity contribution in [1.29, 1.82) is 0 Å². The van der Waals surface area contributed by atoms with Crippen LogP contribution in [0.2, 0.25) is 0 Å². The molecular weight excluding hydrogens is 246 g/mol. The van der Waals surface area contributed by atoms with Gasteiger partial charge in [-0.2, -0.15) is 0 Å². The van der Waals surface area contributed by atoms with E-state index in [4.69, 9.17) is 9.47 Å². The number of amides is 1. The third-order valence-corrected chi connectivity index (χ3v) is 2.93. The average Bonchev–Trinajstić information content (AvgIpc) is 2.48. The Morgan fingerprint density at radius 2 is 2.32 bits per heavy atom. The number of ether oxygens (including phenoxy) is 2. The smallest absolute Gasteiger partial charge is 0.255 e. The molecule has 1 aliphatic heterocycles. The number of hydrogen-bond acceptors (Lipinski definition) is 5. The zero-order valence-electron chi connectivity index (χ0n) is 11.1. The Labute approximate surface area is 112 Å². The number of anilines is 1. The van der Waals surface area contributed by atoms with Crippen LogP contribution in [-0.4, -0.2) is 57.5 Å². The molecule has 104 valence electrons. The quantitative estimate of drug-likeness (QED) is 0.776. The highest BCUT2D eigenvalue weighted by atomic mass is 16.5. The van der Waals surface area contributed by atoms with Gasteiger partial charge in [0.2, 0.25) is 0 Å². The maximum Gasteiger partial charge on any atom is 0.255 e. The summed E-state index contributed by atoms with van der Waals surface area (Å²) in [5.41, 5.74) is 0.598. The third-order valence-electron chi connectivity index (χ3n) is 2.93. The fraction of sp³-hybridized carbons (Fsp3) is 0.538. The second kappa shape index (κ2) is 7.06. The molecule has 0 aromatic carbocycles. The first-order chi connectivity index (χ1) is 9.33. The fourth-order valence-electron chi connectivity index (χ4n) is 1.96. The molecule has 1 N–H and O–H groups in total. The van der Waals surface area contributed by atoms with Crippen LogP contribution in [-0.2, 0) is 9.47 Å². The molecule has 19 heavy (non-hydrogen) atoms. The van der Waals surface area contributed by atoms with E-state index in [9.17, 15) is 4.79 Å². The third kappa shape index (κ3) is 3.65. The Bertz CT molecular complexity index is 419. The minimum Gasteiger partial charge on any atom is -0.383 e. The molecule has 1 aliphatic rings. The van der Waals surface area contributed by atoms with Gasteiger partial charge in [-0.3, -0.25) is 4.79 Å². The number of hydrogen-bond donors (Lipinski definition) is 1. The van der Waals surface area contributed by atoms with Gasteiger partial charge in [-0.1, -0.05) is 0 Å². The van der Waals surface area contributed by atoms with E-state index in [1.807, 2.05) is 0 Å². The van der Waals surface area contributed by atoms with Crippen LogP contribution in [0.5, 0.6) is 0 Å². The molecule has 0 bridgehead atoms. The van der Waals surface area contributed by atoms with Gasteiger partial charge in [0.15, 0.2) is 0 Å². The van der Waals surface area contributed by atoms with Crippen LogP contribution in [0, 0.1) is 0 Å². The number of pyridine rings is 1. The molecule has 0 spiro atoms. The lowest BCUT2D eigenvalue weighted by atomic mass is 10.2. The van der Waals surface area contributed by atoms with Crippen LogP contribution in [0.1, 0.15) is 10.4 Å². The summed E-state index contributed by atoms with van der Waals surface area (Å²) in [6.07, 6.45) is 1.71. The SMILES string of the molecule is COCCNC(=O)c1cccnc1N1CCOCC1. The van der Waals surface area contributed by atoms with Crippen molar-refractivity contribution in [1.82, 2.24) is 10.3 Å². The van der Waals surface area contributed by atoms with Crippen LogP contribution in [0.15, 0.2) is 18.3 Å². The predicted molar refractivity (Wildman–Crippen MR) is 71.5 cm³/mol. The van der Waals surface area contributed by atoms with E-state index < -0.39 is 0 Å². The number of nitrogens with zero attached hydrogens (tertiary/aromatic N) is 2. The molecule has 0 radical (unpaired) electrons. The number of carbonyl (C=O) groups is 1. The van der Waals surface area contributed by atoms with Gasteiger partial charge in [-0.25, -0.2) is 4.98 Å². The Balaban J connectivity index is 2.08. The van der Waals surface area contributed by atoms with Crippen molar-refractivity contribution in [3.63, 3.8) is 0 Å². The molecule has 1 aromatic rings. The highest BCUT2D eigenvalue weighted by Gasteiger charge is 2.19. The number of nitrogens with one attached hydrogen (secondary N) is 1. The lowest BCUT2D eigenvalue weighted by Crippen LogP contribution is -2.38. The molecule has 0 aliphatic carbocycles. The van der Waals surface area contributed by atoms with Crippen LogP contribution in [0.3, 0.4) is 0 Å². The number of aromatic nitrogens is 1. The number of methoxy groups -OCH3 is 1. The predicted octanol–water partition coefficient (Wildman–Crippen LogP) is 0.294. The van der Waals surface area contributed by atoms with Crippen molar-refractivity contribution in [3.05, 3.63) is 23.9 Å². The van der Waals surface area contributed by atoms with E-state index in [1.165, 1.54) is 0 Å². The summed E-state index contributed by atoms with van der Waals surface area (Å²) in [6.45, 7) is 3.85. The average molecular weight is 265 g/mol. The summed E-state index contributed by atoms with van der Waals surface area (Å²) in [5.74, 6) is 0.604. The monoisotopic (exact) mass is 265 g/mol. The van der Waals surface area contributed by atoms with Crippen molar-refractivity contribution in [2.24, 2.45) is 0 Å². The Kier molecular flexibility index (Phi) is 5.11. The van der Waals surface area contributed by atoms with E-state index in [2.05, 4.69) is 15.2 Å². The summed E-state index contributed by atoms with van der Waals surface area (Å²) < 4.78 is 10.2. The summed E-state index contributed by atoms with van der Waals surface area (Å²) in [5, 5.41) is 2.82. The molecule has 0 atom stereocenters. The summed E-state index contributed by atoms with van der Waals surface area (Å²) in [6, 6.07) is 3.56. The highest BCUT2D eigenvalue weighted by molar-refractivity contribution is 5.98. The molecule has 1 amide bonds.